The van der Waals surface area contributed by atoms with Crippen molar-refractivity contribution in [1.82, 2.24) is 4.90 Å². The van der Waals surface area contributed by atoms with Crippen LogP contribution in [0.4, 0.5) is 11.4 Å². The first kappa shape index (κ1) is 20.2. The second-order valence-corrected chi connectivity index (χ2v) is 7.02. The van der Waals surface area contributed by atoms with Gasteiger partial charge in [0.2, 0.25) is 5.91 Å². The van der Waals surface area contributed by atoms with E-state index in [1.165, 1.54) is 0 Å². The minimum absolute atomic E-state index is 0.0659. The van der Waals surface area contributed by atoms with Crippen LogP contribution in [-0.2, 0) is 9.53 Å². The number of anilines is 2. The van der Waals surface area contributed by atoms with Crippen molar-refractivity contribution in [2.45, 2.75) is 6.92 Å². The van der Waals surface area contributed by atoms with Gasteiger partial charge in [-0.2, -0.15) is 0 Å². The molecule has 1 fully saturated rings. The van der Waals surface area contributed by atoms with E-state index in [1.807, 2.05) is 24.3 Å². The van der Waals surface area contributed by atoms with E-state index in [-0.39, 0.29) is 11.9 Å². The number of benzene rings is 2. The molecule has 0 saturated carbocycles. The molecule has 2 aromatic rings. The maximum Gasteiger partial charge on any atom is 0.338 e. The van der Waals surface area contributed by atoms with Crippen molar-refractivity contribution < 1.29 is 14.3 Å². The molecule has 0 aliphatic carbocycles. The highest BCUT2D eigenvalue weighted by molar-refractivity contribution is 6.30. The molecule has 6 nitrogen and oxygen atoms in total. The highest BCUT2D eigenvalue weighted by Crippen LogP contribution is 2.19. The lowest BCUT2D eigenvalue weighted by Crippen LogP contribution is -2.48. The molecular weight excluding hydrogens is 378 g/mol. The molecule has 7 heteroatoms. The minimum Gasteiger partial charge on any atom is -0.462 e. The molecule has 3 rings (SSSR count). The lowest BCUT2D eigenvalue weighted by atomic mass is 10.2. The van der Waals surface area contributed by atoms with Gasteiger partial charge in [0, 0.05) is 42.6 Å². The summed E-state index contributed by atoms with van der Waals surface area (Å²) >= 11 is 5.94. The Morgan fingerprint density at radius 2 is 1.64 bits per heavy atom. The maximum absolute atomic E-state index is 12.3. The Bertz CT molecular complexity index is 801. The third kappa shape index (κ3) is 5.47. The lowest BCUT2D eigenvalue weighted by Gasteiger charge is -2.35. The number of halogens is 1. The van der Waals surface area contributed by atoms with Crippen molar-refractivity contribution in [2.24, 2.45) is 0 Å². The predicted molar refractivity (Wildman–Crippen MR) is 111 cm³/mol. The van der Waals surface area contributed by atoms with Gasteiger partial charge < -0.3 is 15.0 Å². The molecule has 0 spiro atoms. The van der Waals surface area contributed by atoms with Gasteiger partial charge in [-0.05, 0) is 55.5 Å². The molecule has 0 unspecified atom stereocenters. The quantitative estimate of drug-likeness (QED) is 0.752. The fraction of sp³-hybridized carbons (Fsp3) is 0.333. The highest BCUT2D eigenvalue weighted by Gasteiger charge is 2.19. The summed E-state index contributed by atoms with van der Waals surface area (Å²) in [5, 5.41) is 3.61. The maximum atomic E-state index is 12.3. The van der Waals surface area contributed by atoms with Gasteiger partial charge in [0.25, 0.3) is 0 Å². The first-order valence-corrected chi connectivity index (χ1v) is 9.73. The summed E-state index contributed by atoms with van der Waals surface area (Å²) in [7, 11) is 0. The SMILES string of the molecule is CCOC(=O)c1ccc(NC(=O)CN2CCN(c3ccc(Cl)cc3)CC2)cc1. The van der Waals surface area contributed by atoms with E-state index in [9.17, 15) is 9.59 Å². The van der Waals surface area contributed by atoms with Gasteiger partial charge >= 0.3 is 5.97 Å². The molecule has 1 saturated heterocycles. The Kier molecular flexibility index (Phi) is 6.90. The molecule has 2 aromatic carbocycles. The van der Waals surface area contributed by atoms with Crippen LogP contribution in [0.15, 0.2) is 48.5 Å². The zero-order valence-corrected chi connectivity index (χ0v) is 16.6. The Labute approximate surface area is 170 Å². The summed E-state index contributed by atoms with van der Waals surface area (Å²) in [5.41, 5.74) is 2.28. The molecule has 28 heavy (non-hydrogen) atoms. The molecular formula is C21H24ClN3O3. The number of hydrogen-bond donors (Lipinski definition) is 1. The second kappa shape index (κ2) is 9.57. The molecule has 1 N–H and O–H groups in total. The number of esters is 1. The Morgan fingerprint density at radius 3 is 2.25 bits per heavy atom. The van der Waals surface area contributed by atoms with Gasteiger partial charge in [-0.1, -0.05) is 11.6 Å². The number of carbonyl (C=O) groups is 2. The number of ether oxygens (including phenoxy) is 1. The number of hydrogen-bond acceptors (Lipinski definition) is 5. The van der Waals surface area contributed by atoms with Crippen molar-refractivity contribution >= 4 is 34.9 Å². The van der Waals surface area contributed by atoms with E-state index >= 15 is 0 Å². The van der Waals surface area contributed by atoms with Crippen molar-refractivity contribution in [3.8, 4) is 0 Å². The summed E-state index contributed by atoms with van der Waals surface area (Å²) < 4.78 is 4.95. The average molecular weight is 402 g/mol. The van der Waals surface area contributed by atoms with Gasteiger partial charge in [0.1, 0.15) is 0 Å². The molecule has 0 radical (unpaired) electrons. The van der Waals surface area contributed by atoms with Crippen molar-refractivity contribution in [1.29, 1.82) is 0 Å². The number of amides is 1. The Hall–Kier alpha value is -2.57. The van der Waals surface area contributed by atoms with Crippen LogP contribution >= 0.6 is 11.6 Å². The van der Waals surface area contributed by atoms with Crippen LogP contribution in [0.2, 0.25) is 5.02 Å². The van der Waals surface area contributed by atoms with Crippen molar-refractivity contribution in [3.63, 3.8) is 0 Å². The number of piperazine rings is 1. The number of rotatable bonds is 6. The van der Waals surface area contributed by atoms with E-state index in [2.05, 4.69) is 15.1 Å². The fourth-order valence-corrected chi connectivity index (χ4v) is 3.25. The van der Waals surface area contributed by atoms with Gasteiger partial charge in [0.05, 0.1) is 18.7 Å². The van der Waals surface area contributed by atoms with E-state index in [4.69, 9.17) is 16.3 Å². The predicted octanol–water partition coefficient (Wildman–Crippen LogP) is 3.28. The summed E-state index contributed by atoms with van der Waals surface area (Å²) in [6.07, 6.45) is 0. The van der Waals surface area contributed by atoms with Gasteiger partial charge in [0.15, 0.2) is 0 Å². The van der Waals surface area contributed by atoms with Gasteiger partial charge in [-0.25, -0.2) is 4.79 Å². The summed E-state index contributed by atoms with van der Waals surface area (Å²) in [6.45, 7) is 5.81. The largest absolute Gasteiger partial charge is 0.462 e. The number of nitrogens with one attached hydrogen (secondary N) is 1. The monoisotopic (exact) mass is 401 g/mol. The van der Waals surface area contributed by atoms with E-state index < -0.39 is 0 Å². The lowest BCUT2D eigenvalue weighted by molar-refractivity contribution is -0.117. The van der Waals surface area contributed by atoms with E-state index in [0.29, 0.717) is 24.4 Å². The fourth-order valence-electron chi connectivity index (χ4n) is 3.12. The van der Waals surface area contributed by atoms with Crippen LogP contribution in [0.3, 0.4) is 0 Å². The second-order valence-electron chi connectivity index (χ2n) is 6.59. The topological polar surface area (TPSA) is 61.9 Å². The standard InChI is InChI=1S/C21H24ClN3O3/c1-2-28-21(27)16-3-7-18(8-4-16)23-20(26)15-24-11-13-25(14-12-24)19-9-5-17(22)6-10-19/h3-10H,2,11-15H2,1H3,(H,23,26). The summed E-state index contributed by atoms with van der Waals surface area (Å²) in [5.74, 6) is -0.428. The first-order valence-electron chi connectivity index (χ1n) is 9.35. The summed E-state index contributed by atoms with van der Waals surface area (Å²) in [6, 6.07) is 14.5. The van der Waals surface area contributed by atoms with Crippen LogP contribution in [-0.4, -0.2) is 56.1 Å². The average Bonchev–Trinajstić information content (AvgIpc) is 2.70. The van der Waals surface area contributed by atoms with Crippen LogP contribution in [0.1, 0.15) is 17.3 Å². The third-order valence-electron chi connectivity index (χ3n) is 4.61. The Morgan fingerprint density at radius 1 is 1.00 bits per heavy atom. The minimum atomic E-state index is -0.362. The molecule has 0 atom stereocenters. The third-order valence-corrected chi connectivity index (χ3v) is 4.86. The van der Waals surface area contributed by atoms with Crippen LogP contribution < -0.4 is 10.2 Å². The summed E-state index contributed by atoms with van der Waals surface area (Å²) in [4.78, 5) is 28.4. The number of nitrogens with zero attached hydrogens (tertiary/aromatic N) is 2. The normalized spacial score (nSPS) is 14.6. The smallest absolute Gasteiger partial charge is 0.338 e. The zero-order chi connectivity index (χ0) is 19.9. The van der Waals surface area contributed by atoms with Crippen LogP contribution in [0, 0.1) is 0 Å². The van der Waals surface area contributed by atoms with Crippen molar-refractivity contribution in [3.05, 3.63) is 59.1 Å². The van der Waals surface area contributed by atoms with Crippen molar-refractivity contribution in [2.75, 3.05) is 49.5 Å². The molecule has 1 aliphatic heterocycles. The number of carbonyl (C=O) groups excluding carboxylic acids is 2. The molecule has 0 aromatic heterocycles. The van der Waals surface area contributed by atoms with Gasteiger partial charge in [-0.15, -0.1) is 0 Å². The van der Waals surface area contributed by atoms with E-state index in [1.54, 1.807) is 31.2 Å². The molecule has 0 bridgehead atoms. The Balaban J connectivity index is 1.45. The van der Waals surface area contributed by atoms with E-state index in [0.717, 1.165) is 36.9 Å². The molecule has 1 aliphatic rings. The van der Waals surface area contributed by atoms with Crippen LogP contribution in [0.5, 0.6) is 0 Å². The molecule has 1 heterocycles. The highest BCUT2D eigenvalue weighted by atomic mass is 35.5. The van der Waals surface area contributed by atoms with Crippen LogP contribution in [0.25, 0.3) is 0 Å². The van der Waals surface area contributed by atoms with Gasteiger partial charge in [-0.3, -0.25) is 9.69 Å². The molecule has 1 amide bonds. The zero-order valence-electron chi connectivity index (χ0n) is 15.9. The first-order chi connectivity index (χ1) is 13.5. The molecule has 148 valence electrons.